The number of piperidine rings is 1. The lowest BCUT2D eigenvalue weighted by molar-refractivity contribution is -0.141. The zero-order valence-electron chi connectivity index (χ0n) is 12.1. The molecule has 1 saturated heterocycles. The molecule has 0 bridgehead atoms. The third-order valence-electron chi connectivity index (χ3n) is 3.33. The highest BCUT2D eigenvalue weighted by Crippen LogP contribution is 2.28. The number of carbonyl (C=O) groups excluding carboxylic acids is 1. The fourth-order valence-corrected chi connectivity index (χ4v) is 2.22. The molecule has 9 heteroatoms. The normalized spacial score (nSPS) is 16.5. The van der Waals surface area contributed by atoms with Gasteiger partial charge in [0.2, 0.25) is 0 Å². The standard InChI is InChI=1S/C13H17F3N4O2/c1-2-22-12(21)20-5-3-9(4-6-20)19-11-7-10(13(14,15)16)17-8-18-11/h7-9H,2-6H2,1H3,(H,17,18,19). The Morgan fingerprint density at radius 1 is 1.41 bits per heavy atom. The molecule has 1 amide bonds. The van der Waals surface area contributed by atoms with Crippen molar-refractivity contribution in [1.82, 2.24) is 14.9 Å². The van der Waals surface area contributed by atoms with Gasteiger partial charge in [0.05, 0.1) is 6.61 Å². The van der Waals surface area contributed by atoms with E-state index in [-0.39, 0.29) is 18.0 Å². The number of hydrogen-bond acceptors (Lipinski definition) is 5. The van der Waals surface area contributed by atoms with Crippen LogP contribution in [0.5, 0.6) is 0 Å². The zero-order chi connectivity index (χ0) is 16.2. The van der Waals surface area contributed by atoms with Crippen molar-refractivity contribution in [3.8, 4) is 0 Å². The smallest absolute Gasteiger partial charge is 0.433 e. The number of hydrogen-bond donors (Lipinski definition) is 1. The summed E-state index contributed by atoms with van der Waals surface area (Å²) in [6.07, 6.45) is -2.73. The Balaban J connectivity index is 1.90. The number of nitrogens with zero attached hydrogens (tertiary/aromatic N) is 3. The van der Waals surface area contributed by atoms with Gasteiger partial charge in [0.15, 0.2) is 0 Å². The summed E-state index contributed by atoms with van der Waals surface area (Å²) in [5, 5.41) is 2.95. The van der Waals surface area contributed by atoms with Gasteiger partial charge in [-0.05, 0) is 19.8 Å². The summed E-state index contributed by atoms with van der Waals surface area (Å²) in [4.78, 5) is 20.2. The van der Waals surface area contributed by atoms with Crippen molar-refractivity contribution in [2.45, 2.75) is 32.0 Å². The van der Waals surface area contributed by atoms with Crippen LogP contribution in [0, 0.1) is 0 Å². The van der Waals surface area contributed by atoms with E-state index in [1.165, 1.54) is 0 Å². The molecule has 122 valence electrons. The number of alkyl halides is 3. The van der Waals surface area contributed by atoms with Gasteiger partial charge in [-0.25, -0.2) is 14.8 Å². The molecule has 22 heavy (non-hydrogen) atoms. The fraction of sp³-hybridized carbons (Fsp3) is 0.615. The highest BCUT2D eigenvalue weighted by Gasteiger charge is 2.33. The van der Waals surface area contributed by atoms with Crippen molar-refractivity contribution in [3.63, 3.8) is 0 Å². The molecule has 1 aliphatic rings. The molecule has 0 unspecified atom stereocenters. The molecule has 1 fully saturated rings. The lowest BCUT2D eigenvalue weighted by atomic mass is 10.1. The number of amides is 1. The SMILES string of the molecule is CCOC(=O)N1CCC(Nc2cc(C(F)(F)F)ncn2)CC1. The first-order valence-electron chi connectivity index (χ1n) is 6.97. The van der Waals surface area contributed by atoms with Gasteiger partial charge in [0.25, 0.3) is 0 Å². The summed E-state index contributed by atoms with van der Waals surface area (Å²) in [5.41, 5.74) is -0.978. The summed E-state index contributed by atoms with van der Waals surface area (Å²) < 4.78 is 42.7. The summed E-state index contributed by atoms with van der Waals surface area (Å²) >= 11 is 0. The first-order valence-corrected chi connectivity index (χ1v) is 6.97. The van der Waals surface area contributed by atoms with E-state index < -0.39 is 11.9 Å². The summed E-state index contributed by atoms with van der Waals surface area (Å²) in [7, 11) is 0. The highest BCUT2D eigenvalue weighted by molar-refractivity contribution is 5.67. The zero-order valence-corrected chi connectivity index (χ0v) is 12.1. The molecular formula is C13H17F3N4O2. The number of likely N-dealkylation sites (tertiary alicyclic amines) is 1. The number of aromatic nitrogens is 2. The Labute approximate surface area is 125 Å². The van der Waals surface area contributed by atoms with Crippen molar-refractivity contribution in [3.05, 3.63) is 18.1 Å². The Kier molecular flexibility index (Phi) is 5.04. The topological polar surface area (TPSA) is 67.3 Å². The van der Waals surface area contributed by atoms with E-state index in [0.717, 1.165) is 12.4 Å². The van der Waals surface area contributed by atoms with Crippen molar-refractivity contribution in [1.29, 1.82) is 0 Å². The second-order valence-electron chi connectivity index (χ2n) is 4.89. The van der Waals surface area contributed by atoms with Gasteiger partial charge in [-0.1, -0.05) is 0 Å². The van der Waals surface area contributed by atoms with Gasteiger partial charge in [0, 0.05) is 25.2 Å². The minimum absolute atomic E-state index is 0.0401. The molecule has 0 saturated carbocycles. The lowest BCUT2D eigenvalue weighted by Crippen LogP contribution is -2.42. The van der Waals surface area contributed by atoms with E-state index >= 15 is 0 Å². The molecule has 1 aromatic rings. The third-order valence-corrected chi connectivity index (χ3v) is 3.33. The molecule has 2 rings (SSSR count). The third kappa shape index (κ3) is 4.22. The van der Waals surface area contributed by atoms with Crippen LogP contribution in [-0.4, -0.2) is 46.7 Å². The maximum Gasteiger partial charge on any atom is 0.433 e. The molecule has 0 atom stereocenters. The Morgan fingerprint density at radius 3 is 2.68 bits per heavy atom. The minimum Gasteiger partial charge on any atom is -0.450 e. The number of nitrogens with one attached hydrogen (secondary N) is 1. The Morgan fingerprint density at radius 2 is 2.09 bits per heavy atom. The Bertz CT molecular complexity index is 516. The van der Waals surface area contributed by atoms with E-state index in [9.17, 15) is 18.0 Å². The molecule has 1 aromatic heterocycles. The van der Waals surface area contributed by atoms with Gasteiger partial charge in [-0.3, -0.25) is 0 Å². The van der Waals surface area contributed by atoms with Gasteiger partial charge in [-0.2, -0.15) is 13.2 Å². The highest BCUT2D eigenvalue weighted by atomic mass is 19.4. The minimum atomic E-state index is -4.49. The van der Waals surface area contributed by atoms with Gasteiger partial charge in [0.1, 0.15) is 17.8 Å². The van der Waals surface area contributed by atoms with E-state index in [1.807, 2.05) is 0 Å². The van der Waals surface area contributed by atoms with E-state index in [1.54, 1.807) is 11.8 Å². The molecule has 1 N–H and O–H groups in total. The summed E-state index contributed by atoms with van der Waals surface area (Å²) in [5.74, 6) is 0.136. The molecule has 0 spiro atoms. The summed E-state index contributed by atoms with van der Waals surface area (Å²) in [6, 6.07) is 0.846. The van der Waals surface area contributed by atoms with Crippen molar-refractivity contribution in [2.75, 3.05) is 25.0 Å². The lowest BCUT2D eigenvalue weighted by Gasteiger charge is -2.31. The van der Waals surface area contributed by atoms with Crippen LogP contribution >= 0.6 is 0 Å². The van der Waals surface area contributed by atoms with Crippen LogP contribution in [0.15, 0.2) is 12.4 Å². The molecule has 2 heterocycles. The average molecular weight is 318 g/mol. The maximum atomic E-state index is 12.6. The van der Waals surface area contributed by atoms with Crippen LogP contribution in [0.2, 0.25) is 0 Å². The largest absolute Gasteiger partial charge is 0.450 e. The predicted molar refractivity (Wildman–Crippen MR) is 72.3 cm³/mol. The molecule has 0 aliphatic carbocycles. The second kappa shape index (κ2) is 6.80. The van der Waals surface area contributed by atoms with Crippen molar-refractivity contribution < 1.29 is 22.7 Å². The fourth-order valence-electron chi connectivity index (χ4n) is 2.22. The van der Waals surface area contributed by atoms with Gasteiger partial charge >= 0.3 is 12.3 Å². The van der Waals surface area contributed by atoms with Crippen LogP contribution in [0.1, 0.15) is 25.5 Å². The van der Waals surface area contributed by atoms with E-state index in [4.69, 9.17) is 4.74 Å². The van der Waals surface area contributed by atoms with Crippen LogP contribution < -0.4 is 5.32 Å². The maximum absolute atomic E-state index is 12.6. The van der Waals surface area contributed by atoms with Crippen LogP contribution in [0.25, 0.3) is 0 Å². The first kappa shape index (κ1) is 16.3. The van der Waals surface area contributed by atoms with Crippen LogP contribution in [0.4, 0.5) is 23.8 Å². The van der Waals surface area contributed by atoms with Gasteiger partial charge < -0.3 is 15.0 Å². The number of ether oxygens (including phenoxy) is 1. The quantitative estimate of drug-likeness (QED) is 0.927. The summed E-state index contributed by atoms with van der Waals surface area (Å²) in [6.45, 7) is 3.04. The van der Waals surface area contributed by atoms with Crippen molar-refractivity contribution >= 4 is 11.9 Å². The van der Waals surface area contributed by atoms with Gasteiger partial charge in [-0.15, -0.1) is 0 Å². The monoisotopic (exact) mass is 318 g/mol. The Hall–Kier alpha value is -2.06. The first-order chi connectivity index (χ1) is 10.4. The van der Waals surface area contributed by atoms with Crippen LogP contribution in [0.3, 0.4) is 0 Å². The predicted octanol–water partition coefficient (Wildman–Crippen LogP) is 2.53. The van der Waals surface area contributed by atoms with Crippen LogP contribution in [-0.2, 0) is 10.9 Å². The molecular weight excluding hydrogens is 301 g/mol. The second-order valence-corrected chi connectivity index (χ2v) is 4.89. The average Bonchev–Trinajstić information content (AvgIpc) is 2.48. The molecule has 6 nitrogen and oxygen atoms in total. The number of carbonyl (C=O) groups is 1. The number of halogens is 3. The molecule has 0 radical (unpaired) electrons. The number of rotatable bonds is 3. The van der Waals surface area contributed by atoms with E-state index in [2.05, 4.69) is 15.3 Å². The molecule has 0 aromatic carbocycles. The van der Waals surface area contributed by atoms with E-state index in [0.29, 0.717) is 32.5 Å². The van der Waals surface area contributed by atoms with Crippen molar-refractivity contribution in [2.24, 2.45) is 0 Å². The molecule has 1 aliphatic heterocycles. The number of anilines is 1.